The lowest BCUT2D eigenvalue weighted by molar-refractivity contribution is 0.0980. The fraction of sp³-hybridized carbons (Fsp3) is 0.107. The van der Waals surface area contributed by atoms with Crippen molar-refractivity contribution >= 4 is 27.5 Å². The van der Waals surface area contributed by atoms with E-state index in [9.17, 15) is 13.2 Å². The fourth-order valence-corrected chi connectivity index (χ4v) is 4.78. The molecule has 178 valence electrons. The summed E-state index contributed by atoms with van der Waals surface area (Å²) in [4.78, 5) is 12.9. The second kappa shape index (κ2) is 10.8. The number of sulfonamides is 1. The summed E-state index contributed by atoms with van der Waals surface area (Å²) in [7, 11) is -4.03. The molecule has 1 amide bonds. The second-order valence-electron chi connectivity index (χ2n) is 7.88. The predicted octanol–water partition coefficient (Wildman–Crippen LogP) is 6.27. The van der Waals surface area contributed by atoms with Crippen LogP contribution >= 0.6 is 11.6 Å². The molecule has 35 heavy (non-hydrogen) atoms. The molecule has 0 fully saturated rings. The Morgan fingerprint density at radius 1 is 0.886 bits per heavy atom. The molecule has 5 nitrogen and oxygen atoms in total. The monoisotopic (exact) mass is 505 g/mol. The maximum absolute atomic E-state index is 12.9. The number of para-hydroxylation sites is 1. The molecule has 4 rings (SSSR count). The molecule has 0 spiro atoms. The molecular formula is C28H24ClNO4S. The minimum absolute atomic E-state index is 0.0330. The van der Waals surface area contributed by atoms with Crippen molar-refractivity contribution in [2.24, 2.45) is 0 Å². The number of halogens is 1. The van der Waals surface area contributed by atoms with E-state index in [1.165, 1.54) is 24.3 Å². The Bertz CT molecular complexity index is 1440. The van der Waals surface area contributed by atoms with Crippen LogP contribution in [0.25, 0.3) is 11.1 Å². The van der Waals surface area contributed by atoms with Crippen LogP contribution in [0.2, 0.25) is 5.02 Å². The molecule has 0 saturated carbocycles. The molecule has 4 aromatic rings. The van der Waals surface area contributed by atoms with Crippen LogP contribution in [0.15, 0.2) is 102 Å². The van der Waals surface area contributed by atoms with Crippen molar-refractivity contribution in [1.29, 1.82) is 0 Å². The van der Waals surface area contributed by atoms with Gasteiger partial charge in [-0.1, -0.05) is 79.2 Å². The highest BCUT2D eigenvalue weighted by molar-refractivity contribution is 7.90. The molecule has 0 bridgehead atoms. The zero-order chi connectivity index (χ0) is 24.8. The Kier molecular flexibility index (Phi) is 7.54. The zero-order valence-corrected chi connectivity index (χ0v) is 20.6. The summed E-state index contributed by atoms with van der Waals surface area (Å²) in [6.45, 7) is 2.35. The molecule has 0 unspecified atom stereocenters. The molecule has 0 atom stereocenters. The van der Waals surface area contributed by atoms with E-state index in [0.717, 1.165) is 28.0 Å². The van der Waals surface area contributed by atoms with Gasteiger partial charge in [0.15, 0.2) is 0 Å². The number of benzene rings is 4. The third-order valence-electron chi connectivity index (χ3n) is 5.52. The van der Waals surface area contributed by atoms with Crippen molar-refractivity contribution < 1.29 is 17.9 Å². The Morgan fingerprint density at radius 3 is 2.29 bits per heavy atom. The molecule has 0 aliphatic carbocycles. The SMILES string of the molecule is CCc1cc(-c2ccccc2OCc2ccccc2)ccc1C(=O)NS(=O)(=O)c1ccc(Cl)cc1. The first-order valence-electron chi connectivity index (χ1n) is 11.1. The summed E-state index contributed by atoms with van der Waals surface area (Å²) < 4.78 is 33.6. The van der Waals surface area contributed by atoms with Gasteiger partial charge in [-0.3, -0.25) is 4.79 Å². The van der Waals surface area contributed by atoms with Crippen molar-refractivity contribution in [2.45, 2.75) is 24.8 Å². The Balaban J connectivity index is 1.58. The number of rotatable bonds is 8. The number of hydrogen-bond acceptors (Lipinski definition) is 4. The number of amides is 1. The quantitative estimate of drug-likeness (QED) is 0.306. The number of aryl methyl sites for hydroxylation is 1. The van der Waals surface area contributed by atoms with Crippen LogP contribution in [0.3, 0.4) is 0 Å². The van der Waals surface area contributed by atoms with E-state index in [0.29, 0.717) is 23.6 Å². The lowest BCUT2D eigenvalue weighted by Gasteiger charge is -2.15. The van der Waals surface area contributed by atoms with Gasteiger partial charge in [-0.25, -0.2) is 13.1 Å². The fourth-order valence-electron chi connectivity index (χ4n) is 3.69. The van der Waals surface area contributed by atoms with Crippen molar-refractivity contribution in [3.8, 4) is 16.9 Å². The van der Waals surface area contributed by atoms with E-state index in [4.69, 9.17) is 16.3 Å². The Labute approximate surface area is 210 Å². The zero-order valence-electron chi connectivity index (χ0n) is 19.1. The predicted molar refractivity (Wildman–Crippen MR) is 138 cm³/mol. The first-order valence-corrected chi connectivity index (χ1v) is 13.0. The lowest BCUT2D eigenvalue weighted by atomic mass is 9.97. The second-order valence-corrected chi connectivity index (χ2v) is 10.0. The Morgan fingerprint density at radius 2 is 1.57 bits per heavy atom. The summed E-state index contributed by atoms with van der Waals surface area (Å²) >= 11 is 5.84. The van der Waals surface area contributed by atoms with E-state index >= 15 is 0 Å². The molecule has 0 radical (unpaired) electrons. The van der Waals surface area contributed by atoms with Crippen LogP contribution in [-0.2, 0) is 23.1 Å². The van der Waals surface area contributed by atoms with Crippen LogP contribution in [0, 0.1) is 0 Å². The third kappa shape index (κ3) is 5.91. The third-order valence-corrected chi connectivity index (χ3v) is 7.12. The highest BCUT2D eigenvalue weighted by Gasteiger charge is 2.21. The summed E-state index contributed by atoms with van der Waals surface area (Å²) in [6.07, 6.45) is 0.546. The molecular weight excluding hydrogens is 482 g/mol. The van der Waals surface area contributed by atoms with E-state index in [2.05, 4.69) is 4.72 Å². The van der Waals surface area contributed by atoms with Gasteiger partial charge in [0.1, 0.15) is 12.4 Å². The summed E-state index contributed by atoms with van der Waals surface area (Å²) in [5.74, 6) is 0.0397. The molecule has 4 aromatic carbocycles. The molecule has 7 heteroatoms. The number of carbonyl (C=O) groups excluding carboxylic acids is 1. The largest absolute Gasteiger partial charge is 0.488 e. The number of ether oxygens (including phenoxy) is 1. The number of hydrogen-bond donors (Lipinski definition) is 1. The first kappa shape index (κ1) is 24.5. The van der Waals surface area contributed by atoms with Crippen LogP contribution in [0.4, 0.5) is 0 Å². The Hall–Kier alpha value is -3.61. The van der Waals surface area contributed by atoms with Crippen LogP contribution in [0.5, 0.6) is 5.75 Å². The van der Waals surface area contributed by atoms with Gasteiger partial charge in [-0.05, 0) is 59.5 Å². The molecule has 0 heterocycles. The van der Waals surface area contributed by atoms with E-state index in [1.54, 1.807) is 12.1 Å². The molecule has 1 N–H and O–H groups in total. The smallest absolute Gasteiger partial charge is 0.265 e. The van der Waals surface area contributed by atoms with Crippen LogP contribution in [0.1, 0.15) is 28.4 Å². The minimum atomic E-state index is -4.03. The van der Waals surface area contributed by atoms with Gasteiger partial charge < -0.3 is 4.74 Å². The van der Waals surface area contributed by atoms with E-state index < -0.39 is 15.9 Å². The standard InChI is InChI=1S/C28H24ClNO4S/c1-2-21-18-22(25-10-6-7-11-27(25)34-19-20-8-4-3-5-9-20)12-17-26(21)28(31)30-35(32,33)24-15-13-23(29)14-16-24/h3-18H,2,19H2,1H3,(H,30,31). The van der Waals surface area contributed by atoms with Gasteiger partial charge in [-0.2, -0.15) is 0 Å². The van der Waals surface area contributed by atoms with Crippen LogP contribution in [-0.4, -0.2) is 14.3 Å². The maximum Gasteiger partial charge on any atom is 0.265 e. The molecule has 0 aromatic heterocycles. The van der Waals surface area contributed by atoms with Crippen molar-refractivity contribution in [1.82, 2.24) is 4.72 Å². The van der Waals surface area contributed by atoms with Crippen molar-refractivity contribution in [2.75, 3.05) is 0 Å². The van der Waals surface area contributed by atoms with Gasteiger partial charge in [0, 0.05) is 16.1 Å². The summed E-state index contributed by atoms with van der Waals surface area (Å²) in [5, 5.41) is 0.409. The van der Waals surface area contributed by atoms with Gasteiger partial charge in [0.25, 0.3) is 15.9 Å². The minimum Gasteiger partial charge on any atom is -0.488 e. The van der Waals surface area contributed by atoms with Crippen molar-refractivity contribution in [3.63, 3.8) is 0 Å². The average Bonchev–Trinajstić information content (AvgIpc) is 2.88. The van der Waals surface area contributed by atoms with Gasteiger partial charge in [-0.15, -0.1) is 0 Å². The van der Waals surface area contributed by atoms with Crippen molar-refractivity contribution in [3.05, 3.63) is 119 Å². The summed E-state index contributed by atoms with van der Waals surface area (Å²) in [5.41, 5.74) is 3.85. The van der Waals surface area contributed by atoms with Gasteiger partial charge in [0.2, 0.25) is 0 Å². The van der Waals surface area contributed by atoms with Gasteiger partial charge in [0.05, 0.1) is 4.90 Å². The molecule has 0 saturated heterocycles. The first-order chi connectivity index (χ1) is 16.9. The number of nitrogens with one attached hydrogen (secondary N) is 1. The topological polar surface area (TPSA) is 72.5 Å². The van der Waals surface area contributed by atoms with Gasteiger partial charge >= 0.3 is 0 Å². The molecule has 0 aliphatic rings. The summed E-state index contributed by atoms with van der Waals surface area (Å²) in [6, 6.07) is 28.6. The van der Waals surface area contributed by atoms with Crippen LogP contribution < -0.4 is 9.46 Å². The van der Waals surface area contributed by atoms with E-state index in [1.807, 2.05) is 67.6 Å². The average molecular weight is 506 g/mol. The number of carbonyl (C=O) groups is 1. The van der Waals surface area contributed by atoms with E-state index in [-0.39, 0.29) is 4.90 Å². The normalized spacial score (nSPS) is 11.1. The highest BCUT2D eigenvalue weighted by Crippen LogP contribution is 2.32. The molecule has 0 aliphatic heterocycles. The highest BCUT2D eigenvalue weighted by atomic mass is 35.5. The lowest BCUT2D eigenvalue weighted by Crippen LogP contribution is -2.31. The maximum atomic E-state index is 12.9.